The molecule has 6 aliphatic rings. The highest BCUT2D eigenvalue weighted by Crippen LogP contribution is 2.17. The molecule has 3 aromatic heterocycles. The number of aromatic amines is 2. The van der Waals surface area contributed by atoms with Crippen LogP contribution < -0.4 is 21.3 Å². The standard InChI is InChI=1S/C20H14N4.4C4H9NO/c1-2-14-10-16-5-6-18(23-16)12-20-8-7-19(24-20)11-17-4-3-15(22-17)9-13(1)21-14;4*1-3-6-4-2-5-1/h1-12,21-22H;4*5H,1-4H2. The molecule has 0 aromatic carbocycles. The lowest BCUT2D eigenvalue weighted by atomic mass is 10.3. The van der Waals surface area contributed by atoms with E-state index in [-0.39, 0.29) is 0 Å². The van der Waals surface area contributed by atoms with E-state index in [4.69, 9.17) is 18.9 Å². The fourth-order valence-electron chi connectivity index (χ4n) is 5.01. The molecule has 258 valence electrons. The Morgan fingerprint density at radius 2 is 0.625 bits per heavy atom. The van der Waals surface area contributed by atoms with Gasteiger partial charge in [-0.25, -0.2) is 9.97 Å². The molecule has 0 radical (unpaired) electrons. The van der Waals surface area contributed by atoms with Crippen LogP contribution in [0.5, 0.6) is 0 Å². The molecule has 48 heavy (non-hydrogen) atoms. The summed E-state index contributed by atoms with van der Waals surface area (Å²) in [5.74, 6) is 0. The van der Waals surface area contributed by atoms with Crippen LogP contribution in [-0.2, 0) is 18.9 Å². The summed E-state index contributed by atoms with van der Waals surface area (Å²) in [5, 5.41) is 12.6. The molecule has 9 heterocycles. The Labute approximate surface area is 282 Å². The molecule has 3 aromatic rings. The molecule has 0 saturated carbocycles. The molecule has 0 atom stereocenters. The summed E-state index contributed by atoms with van der Waals surface area (Å²) in [4.78, 5) is 16.0. The Hall–Kier alpha value is -3.72. The fraction of sp³-hybridized carbons (Fsp3) is 0.444. The summed E-state index contributed by atoms with van der Waals surface area (Å²) in [5.41, 5.74) is 7.86. The molecular weight excluding hydrogens is 608 g/mol. The number of hydrogen-bond donors (Lipinski definition) is 6. The zero-order valence-corrected chi connectivity index (χ0v) is 27.8. The van der Waals surface area contributed by atoms with Crippen molar-refractivity contribution in [3.8, 4) is 0 Å². The molecule has 0 amide bonds. The van der Waals surface area contributed by atoms with Gasteiger partial charge in [-0.2, -0.15) is 0 Å². The van der Waals surface area contributed by atoms with Gasteiger partial charge in [0.25, 0.3) is 0 Å². The number of morpholine rings is 4. The van der Waals surface area contributed by atoms with Gasteiger partial charge in [0.15, 0.2) is 0 Å². The smallest absolute Gasteiger partial charge is 0.0659 e. The Bertz CT molecular complexity index is 1390. The number of rotatable bonds is 0. The molecule has 4 saturated heterocycles. The normalized spacial score (nSPS) is 18.3. The van der Waals surface area contributed by atoms with Crippen molar-refractivity contribution >= 4 is 46.4 Å². The van der Waals surface area contributed by atoms with Crippen molar-refractivity contribution < 1.29 is 18.9 Å². The third kappa shape index (κ3) is 13.8. The van der Waals surface area contributed by atoms with E-state index in [2.05, 4.69) is 71.5 Å². The number of nitrogens with one attached hydrogen (secondary N) is 6. The van der Waals surface area contributed by atoms with Gasteiger partial charge < -0.3 is 50.2 Å². The maximum atomic E-state index is 5.01. The SMILES string of the molecule is C1=Cc2cc3ccc(cc4ccc(cc5nc(cc1n2)C=C5)[nH]4)[nH]3.C1COCCN1.C1COCCN1.C1COCCN1.C1COCCN1. The summed E-state index contributed by atoms with van der Waals surface area (Å²) >= 11 is 0. The van der Waals surface area contributed by atoms with Crippen LogP contribution in [0.25, 0.3) is 46.4 Å². The van der Waals surface area contributed by atoms with Crippen molar-refractivity contribution in [2.24, 2.45) is 0 Å². The molecule has 6 N–H and O–H groups in total. The van der Waals surface area contributed by atoms with Crippen LogP contribution in [0.1, 0.15) is 22.8 Å². The first-order chi connectivity index (χ1) is 23.8. The Morgan fingerprint density at radius 3 is 0.875 bits per heavy atom. The highest BCUT2D eigenvalue weighted by Gasteiger charge is 2.02. The van der Waals surface area contributed by atoms with Gasteiger partial charge in [0.1, 0.15) is 0 Å². The van der Waals surface area contributed by atoms with Gasteiger partial charge in [0, 0.05) is 74.4 Å². The molecule has 0 spiro atoms. The van der Waals surface area contributed by atoms with Crippen LogP contribution in [0.4, 0.5) is 0 Å². The third-order valence-corrected chi connectivity index (χ3v) is 7.43. The average molecular weight is 659 g/mol. The van der Waals surface area contributed by atoms with E-state index in [9.17, 15) is 0 Å². The molecule has 6 aliphatic heterocycles. The van der Waals surface area contributed by atoms with Crippen LogP contribution >= 0.6 is 0 Å². The maximum Gasteiger partial charge on any atom is 0.0659 e. The van der Waals surface area contributed by atoms with E-state index in [1.165, 1.54) is 0 Å². The third-order valence-electron chi connectivity index (χ3n) is 7.43. The zero-order valence-electron chi connectivity index (χ0n) is 27.8. The minimum atomic E-state index is 0.889. The van der Waals surface area contributed by atoms with Crippen LogP contribution in [0, 0.1) is 0 Å². The van der Waals surface area contributed by atoms with Crippen LogP contribution in [0.3, 0.4) is 0 Å². The molecule has 9 rings (SSSR count). The summed E-state index contributed by atoms with van der Waals surface area (Å²) in [6, 6.07) is 16.4. The molecule has 0 unspecified atom stereocenters. The quantitative estimate of drug-likeness (QED) is 0.147. The van der Waals surface area contributed by atoms with Crippen molar-refractivity contribution in [1.29, 1.82) is 0 Å². The van der Waals surface area contributed by atoms with E-state index < -0.39 is 0 Å². The topological polar surface area (TPSA) is 142 Å². The average Bonchev–Trinajstić information content (AvgIpc) is 4.00. The lowest BCUT2D eigenvalue weighted by molar-refractivity contribution is 0.109. The summed E-state index contributed by atoms with van der Waals surface area (Å²) in [6.07, 6.45) is 8.05. The minimum absolute atomic E-state index is 0.889. The molecule has 12 nitrogen and oxygen atoms in total. The zero-order chi connectivity index (χ0) is 32.9. The first kappa shape index (κ1) is 35.6. The number of ether oxygens (including phenoxy) is 4. The number of hydrogen-bond acceptors (Lipinski definition) is 10. The molecule has 8 bridgehead atoms. The van der Waals surface area contributed by atoms with Gasteiger partial charge >= 0.3 is 0 Å². The first-order valence-electron chi connectivity index (χ1n) is 17.0. The van der Waals surface area contributed by atoms with E-state index in [0.717, 1.165) is 150 Å². The maximum absolute atomic E-state index is 5.01. The monoisotopic (exact) mass is 658 g/mol. The Balaban J connectivity index is 0.000000151. The van der Waals surface area contributed by atoms with E-state index >= 15 is 0 Å². The largest absolute Gasteiger partial charge is 0.379 e. The minimum Gasteiger partial charge on any atom is -0.379 e. The summed E-state index contributed by atoms with van der Waals surface area (Å²) in [6.45, 7) is 15.3. The van der Waals surface area contributed by atoms with Crippen LogP contribution in [-0.4, -0.2) is 125 Å². The van der Waals surface area contributed by atoms with Crippen molar-refractivity contribution in [1.82, 2.24) is 41.2 Å². The number of H-pyrrole nitrogens is 2. The van der Waals surface area contributed by atoms with E-state index in [1.807, 2.05) is 42.5 Å². The molecule has 12 heteroatoms. The lowest BCUT2D eigenvalue weighted by Gasteiger charge is -2.10. The number of nitrogens with zero attached hydrogens (tertiary/aromatic N) is 2. The van der Waals surface area contributed by atoms with Crippen LogP contribution in [0.2, 0.25) is 0 Å². The van der Waals surface area contributed by atoms with Gasteiger partial charge in [-0.15, -0.1) is 0 Å². The van der Waals surface area contributed by atoms with E-state index in [0.29, 0.717) is 0 Å². The Kier molecular flexibility index (Phi) is 15.8. The van der Waals surface area contributed by atoms with Crippen molar-refractivity contribution in [3.05, 3.63) is 71.3 Å². The Morgan fingerprint density at radius 1 is 0.354 bits per heavy atom. The lowest BCUT2D eigenvalue weighted by Crippen LogP contribution is -2.30. The van der Waals surface area contributed by atoms with Crippen molar-refractivity contribution in [2.75, 3.05) is 105 Å². The van der Waals surface area contributed by atoms with Gasteiger partial charge in [0.05, 0.1) is 75.6 Å². The predicted molar refractivity (Wildman–Crippen MR) is 194 cm³/mol. The van der Waals surface area contributed by atoms with Gasteiger partial charge in [-0.1, -0.05) is 0 Å². The van der Waals surface area contributed by atoms with Crippen molar-refractivity contribution in [2.45, 2.75) is 0 Å². The second kappa shape index (κ2) is 21.3. The van der Waals surface area contributed by atoms with E-state index in [1.54, 1.807) is 0 Å². The number of fused-ring (bicyclic) bond motifs is 8. The van der Waals surface area contributed by atoms with Gasteiger partial charge in [-0.3, -0.25) is 0 Å². The highest BCUT2D eigenvalue weighted by atomic mass is 16.5. The summed E-state index contributed by atoms with van der Waals surface area (Å²) in [7, 11) is 0. The fourth-order valence-corrected chi connectivity index (χ4v) is 5.01. The molecular formula is C36H50N8O4. The summed E-state index contributed by atoms with van der Waals surface area (Å²) < 4.78 is 20.0. The van der Waals surface area contributed by atoms with Crippen LogP contribution in [0.15, 0.2) is 48.5 Å². The number of aromatic nitrogens is 4. The van der Waals surface area contributed by atoms with Gasteiger partial charge in [0.2, 0.25) is 0 Å². The van der Waals surface area contributed by atoms with Crippen molar-refractivity contribution in [3.63, 3.8) is 0 Å². The predicted octanol–water partition coefficient (Wildman–Crippen LogP) is 3.08. The highest BCUT2D eigenvalue weighted by molar-refractivity contribution is 5.77. The second-order valence-electron chi connectivity index (χ2n) is 11.4. The molecule has 0 aliphatic carbocycles. The molecule has 4 fully saturated rings. The second-order valence-corrected chi connectivity index (χ2v) is 11.4. The first-order valence-corrected chi connectivity index (χ1v) is 17.0. The van der Waals surface area contributed by atoms with Gasteiger partial charge in [-0.05, 0) is 72.8 Å².